The van der Waals surface area contributed by atoms with E-state index in [1.165, 1.54) is 22.3 Å². The molecule has 1 aromatic heterocycles. The normalized spacial score (nSPS) is 12.1. The van der Waals surface area contributed by atoms with Crippen LogP contribution in [0.25, 0.3) is 88.7 Å². The van der Waals surface area contributed by atoms with Gasteiger partial charge >= 0.3 is 0 Å². The van der Waals surface area contributed by atoms with Crippen LogP contribution in [0.4, 0.5) is 11.4 Å². The maximum Gasteiger partial charge on any atom is 0.136 e. The number of benzene rings is 9. The van der Waals surface area contributed by atoms with Crippen LogP contribution in [0.3, 0.4) is 0 Å². The molecule has 0 spiro atoms. The molecule has 0 amide bonds. The summed E-state index contributed by atoms with van der Waals surface area (Å²) in [7, 11) is 0. The molecule has 0 aliphatic carbocycles. The molecule has 12 rings (SSSR count). The molecule has 0 saturated heterocycles. The van der Waals surface area contributed by atoms with Gasteiger partial charge in [0.1, 0.15) is 11.2 Å². The van der Waals surface area contributed by atoms with Crippen molar-refractivity contribution in [2.75, 3.05) is 0 Å². The highest BCUT2D eigenvalue weighted by Crippen LogP contribution is 2.53. The van der Waals surface area contributed by atoms with Crippen LogP contribution in [0, 0.1) is 10.4 Å². The van der Waals surface area contributed by atoms with Crippen molar-refractivity contribution >= 4 is 33.3 Å². The van der Waals surface area contributed by atoms with Gasteiger partial charge in [-0.05, 0) is 86.5 Å². The summed E-state index contributed by atoms with van der Waals surface area (Å²) >= 11 is 0. The first-order valence-corrected chi connectivity index (χ1v) is 19.4. The Bertz CT molecular complexity index is 3530. The monoisotopic (exact) mass is 724 g/mol. The van der Waals surface area contributed by atoms with E-state index in [-0.39, 0.29) is 0 Å². The average Bonchev–Trinajstić information content (AvgIpc) is 3.98. The summed E-state index contributed by atoms with van der Waals surface area (Å²) in [4.78, 5) is 10.6. The highest BCUT2D eigenvalue weighted by Gasteiger charge is 2.29. The number of hydrogen-bond donors (Lipinski definition) is 0. The Morgan fingerprint density at radius 3 is 1.75 bits per heavy atom. The predicted molar refractivity (Wildman–Crippen MR) is 232 cm³/mol. The van der Waals surface area contributed by atoms with Crippen LogP contribution in [0.5, 0.6) is 0 Å². The second-order valence-corrected chi connectivity index (χ2v) is 14.8. The minimum Gasteiger partial charge on any atom is -0.456 e. The summed E-state index contributed by atoms with van der Waals surface area (Å²) in [6.07, 6.45) is 0. The SMILES string of the molecule is c1ccc(-c2ccccc2-c2ccccc2-c2ccc3c(c2-c2ccccc2-c2cccc4oc5ccccc5c24)-c2c4c(ccc2=N3)=c2ccccc2=N4)cc1. The van der Waals surface area contributed by atoms with E-state index in [1.807, 2.05) is 6.07 Å². The number of fused-ring (bicyclic) bond motifs is 9. The molecule has 2 aliphatic heterocycles. The molecule has 2 aliphatic rings. The Morgan fingerprint density at radius 2 is 0.930 bits per heavy atom. The van der Waals surface area contributed by atoms with Crippen molar-refractivity contribution in [2.45, 2.75) is 0 Å². The van der Waals surface area contributed by atoms with Crippen molar-refractivity contribution in [1.82, 2.24) is 0 Å². The largest absolute Gasteiger partial charge is 0.456 e. The van der Waals surface area contributed by atoms with Gasteiger partial charge in [-0.15, -0.1) is 0 Å². The summed E-state index contributed by atoms with van der Waals surface area (Å²) in [5.74, 6) is 0. The number of hydrogen-bond acceptors (Lipinski definition) is 3. The van der Waals surface area contributed by atoms with Crippen LogP contribution in [-0.2, 0) is 0 Å². The van der Waals surface area contributed by atoms with Crippen LogP contribution in [-0.4, -0.2) is 0 Å². The van der Waals surface area contributed by atoms with E-state index in [1.54, 1.807) is 0 Å². The summed E-state index contributed by atoms with van der Waals surface area (Å²) in [5, 5.41) is 6.46. The lowest BCUT2D eigenvalue weighted by atomic mass is 9.81. The molecule has 264 valence electrons. The quantitative estimate of drug-likeness (QED) is 0.174. The molecule has 0 N–H and O–H groups in total. The van der Waals surface area contributed by atoms with E-state index in [4.69, 9.17) is 14.4 Å². The second-order valence-electron chi connectivity index (χ2n) is 14.8. The molecule has 0 atom stereocenters. The molecule has 3 nitrogen and oxygen atoms in total. The van der Waals surface area contributed by atoms with Crippen LogP contribution in [0.1, 0.15) is 0 Å². The number of para-hydroxylation sites is 2. The zero-order valence-electron chi connectivity index (χ0n) is 30.8. The van der Waals surface area contributed by atoms with Gasteiger partial charge < -0.3 is 4.42 Å². The first-order chi connectivity index (χ1) is 28.3. The van der Waals surface area contributed by atoms with E-state index in [9.17, 15) is 0 Å². The lowest BCUT2D eigenvalue weighted by molar-refractivity contribution is 0.669. The molecule has 0 unspecified atom stereocenters. The van der Waals surface area contributed by atoms with E-state index >= 15 is 0 Å². The van der Waals surface area contributed by atoms with Crippen LogP contribution >= 0.6 is 0 Å². The first kappa shape index (κ1) is 31.7. The van der Waals surface area contributed by atoms with Gasteiger partial charge in [-0.25, -0.2) is 9.98 Å². The van der Waals surface area contributed by atoms with Crippen molar-refractivity contribution < 1.29 is 4.42 Å². The molecular weight excluding hydrogens is 693 g/mol. The van der Waals surface area contributed by atoms with Gasteiger partial charge in [0.2, 0.25) is 0 Å². The second kappa shape index (κ2) is 12.5. The fourth-order valence-electron chi connectivity index (χ4n) is 9.22. The number of nitrogens with zero attached hydrogens (tertiary/aromatic N) is 2. The third-order valence-electron chi connectivity index (χ3n) is 11.7. The van der Waals surface area contributed by atoms with Crippen molar-refractivity contribution in [2.24, 2.45) is 9.98 Å². The molecule has 57 heavy (non-hydrogen) atoms. The molecule has 0 fully saturated rings. The summed E-state index contributed by atoms with van der Waals surface area (Å²) in [5.41, 5.74) is 17.4. The smallest absolute Gasteiger partial charge is 0.136 e. The molecule has 0 saturated carbocycles. The van der Waals surface area contributed by atoms with Crippen molar-refractivity contribution in [3.63, 3.8) is 0 Å². The van der Waals surface area contributed by atoms with Gasteiger partial charge in [-0.2, -0.15) is 0 Å². The van der Waals surface area contributed by atoms with Crippen molar-refractivity contribution in [3.05, 3.63) is 215 Å². The Balaban J connectivity index is 1.20. The third-order valence-corrected chi connectivity index (χ3v) is 11.7. The average molecular weight is 725 g/mol. The summed E-state index contributed by atoms with van der Waals surface area (Å²) < 4.78 is 6.44. The van der Waals surface area contributed by atoms with E-state index in [0.29, 0.717) is 0 Å². The van der Waals surface area contributed by atoms with Crippen molar-refractivity contribution in [1.29, 1.82) is 0 Å². The maximum absolute atomic E-state index is 6.44. The van der Waals surface area contributed by atoms with E-state index in [0.717, 1.165) is 99.0 Å². The Morgan fingerprint density at radius 1 is 0.316 bits per heavy atom. The number of furan rings is 1. The summed E-state index contributed by atoms with van der Waals surface area (Å²) in [6.45, 7) is 0. The Hall–Kier alpha value is -7.62. The molecule has 0 bridgehead atoms. The van der Waals surface area contributed by atoms with Gasteiger partial charge in [-0.3, -0.25) is 0 Å². The van der Waals surface area contributed by atoms with Crippen LogP contribution in [0.2, 0.25) is 0 Å². The van der Waals surface area contributed by atoms with E-state index < -0.39 is 0 Å². The highest BCUT2D eigenvalue weighted by molar-refractivity contribution is 6.15. The first-order valence-electron chi connectivity index (χ1n) is 19.4. The lowest BCUT2D eigenvalue weighted by Crippen LogP contribution is -2.02. The number of rotatable bonds is 5. The molecule has 3 heterocycles. The highest BCUT2D eigenvalue weighted by atomic mass is 16.3. The predicted octanol–water partition coefficient (Wildman–Crippen LogP) is 13.4. The van der Waals surface area contributed by atoms with Gasteiger partial charge in [0.05, 0.1) is 22.1 Å². The van der Waals surface area contributed by atoms with Crippen LogP contribution < -0.4 is 10.7 Å². The van der Waals surface area contributed by atoms with Crippen molar-refractivity contribution in [3.8, 4) is 66.8 Å². The Kier molecular flexibility index (Phi) is 6.93. The van der Waals surface area contributed by atoms with Gasteiger partial charge in [0.25, 0.3) is 0 Å². The van der Waals surface area contributed by atoms with E-state index in [2.05, 4.69) is 188 Å². The molecule has 3 heteroatoms. The summed E-state index contributed by atoms with van der Waals surface area (Å²) in [6, 6.07) is 69.2. The maximum atomic E-state index is 6.44. The minimum atomic E-state index is 0.875. The molecule has 10 aromatic rings. The molecular formula is C54H32N2O. The van der Waals surface area contributed by atoms with Gasteiger partial charge in [-0.1, -0.05) is 158 Å². The fourth-order valence-corrected chi connectivity index (χ4v) is 9.22. The molecule has 0 radical (unpaired) electrons. The van der Waals surface area contributed by atoms with Gasteiger partial charge in [0, 0.05) is 37.9 Å². The van der Waals surface area contributed by atoms with Gasteiger partial charge in [0.15, 0.2) is 0 Å². The Labute approximate surface area is 328 Å². The third kappa shape index (κ3) is 4.79. The minimum absolute atomic E-state index is 0.875. The topological polar surface area (TPSA) is 37.9 Å². The lowest BCUT2D eigenvalue weighted by Gasteiger charge is -2.22. The zero-order valence-corrected chi connectivity index (χ0v) is 30.8. The standard InChI is InChI=1S/C54H32N2O/c1-2-15-33(16-3-1)34-17-4-5-18-35(34)36-19-6-7-20-37(36)42-29-31-46-52(53-47(55-46)32-30-43-39-22-10-12-26-45(39)56-54(43)53)51(42)41-23-9-8-21-38(41)40-25-14-28-49-50(40)44-24-11-13-27-48(44)57-49/h1-32H. The van der Waals surface area contributed by atoms with Crippen LogP contribution in [0.15, 0.2) is 209 Å². The fraction of sp³-hybridized carbons (Fsp3) is 0. The zero-order chi connectivity index (χ0) is 37.5. The molecule has 9 aromatic carbocycles.